The van der Waals surface area contributed by atoms with Crippen molar-refractivity contribution in [3.05, 3.63) is 23.3 Å². The summed E-state index contributed by atoms with van der Waals surface area (Å²) in [5.41, 5.74) is 0.871. The van der Waals surface area contributed by atoms with Crippen molar-refractivity contribution >= 4 is 6.29 Å². The number of benzene rings is 1. The van der Waals surface area contributed by atoms with Crippen LogP contribution in [0.3, 0.4) is 0 Å². The van der Waals surface area contributed by atoms with Crippen LogP contribution in [0.15, 0.2) is 12.1 Å². The van der Waals surface area contributed by atoms with Crippen molar-refractivity contribution in [2.45, 2.75) is 6.92 Å². The highest BCUT2D eigenvalue weighted by Gasteiger charge is 2.07. The molecule has 0 atom stereocenters. The minimum absolute atomic E-state index is 0.00986. The van der Waals surface area contributed by atoms with E-state index in [0.29, 0.717) is 17.6 Å². The average Bonchev–Trinajstić information content (AvgIpc) is 2.10. The summed E-state index contributed by atoms with van der Waals surface area (Å²) in [6, 6.07) is 3.17. The first-order valence-electron chi connectivity index (χ1n) is 3.52. The Morgan fingerprint density at radius 2 is 2.17 bits per heavy atom. The zero-order valence-corrected chi connectivity index (χ0v) is 7.00. The molecule has 0 amide bonds. The van der Waals surface area contributed by atoms with Crippen LogP contribution in [0.25, 0.3) is 0 Å². The summed E-state index contributed by atoms with van der Waals surface area (Å²) in [5.74, 6) is 0.572. The van der Waals surface area contributed by atoms with Gasteiger partial charge in [0, 0.05) is 5.56 Å². The van der Waals surface area contributed by atoms with Crippen molar-refractivity contribution in [1.29, 1.82) is 0 Å². The molecule has 0 aliphatic heterocycles. The smallest absolute Gasteiger partial charge is 0.153 e. The number of hydrogen-bond donors (Lipinski definition) is 1. The highest BCUT2D eigenvalue weighted by Crippen LogP contribution is 2.28. The average molecular weight is 166 g/mol. The van der Waals surface area contributed by atoms with Gasteiger partial charge < -0.3 is 9.84 Å². The highest BCUT2D eigenvalue weighted by molar-refractivity contribution is 5.80. The van der Waals surface area contributed by atoms with E-state index >= 15 is 0 Å². The molecular weight excluding hydrogens is 156 g/mol. The van der Waals surface area contributed by atoms with Crippen LogP contribution in [-0.4, -0.2) is 18.5 Å². The molecule has 1 aromatic rings. The molecule has 3 nitrogen and oxygen atoms in total. The van der Waals surface area contributed by atoms with Crippen LogP contribution in [0.2, 0.25) is 0 Å². The summed E-state index contributed by atoms with van der Waals surface area (Å²) in [7, 11) is 1.52. The zero-order valence-electron chi connectivity index (χ0n) is 7.00. The molecule has 0 spiro atoms. The minimum Gasteiger partial charge on any atom is -0.507 e. The Morgan fingerprint density at radius 3 is 2.67 bits per heavy atom. The molecule has 0 fully saturated rings. The van der Waals surface area contributed by atoms with E-state index in [9.17, 15) is 9.90 Å². The van der Waals surface area contributed by atoms with Gasteiger partial charge in [0.05, 0.1) is 12.7 Å². The van der Waals surface area contributed by atoms with Gasteiger partial charge in [0.1, 0.15) is 11.5 Å². The summed E-state index contributed by atoms with van der Waals surface area (Å²) in [5, 5.41) is 9.40. The van der Waals surface area contributed by atoms with Gasteiger partial charge >= 0.3 is 0 Å². The Bertz CT molecular complexity index is 305. The molecule has 0 saturated heterocycles. The van der Waals surface area contributed by atoms with Crippen LogP contribution >= 0.6 is 0 Å². The number of aromatic hydroxyl groups is 1. The van der Waals surface area contributed by atoms with Crippen LogP contribution in [0.4, 0.5) is 0 Å². The van der Waals surface area contributed by atoms with Gasteiger partial charge in [0.25, 0.3) is 0 Å². The first-order chi connectivity index (χ1) is 5.70. The lowest BCUT2D eigenvalue weighted by Crippen LogP contribution is -1.90. The molecule has 0 heterocycles. The molecule has 1 rings (SSSR count). The fourth-order valence-electron chi connectivity index (χ4n) is 1.02. The number of hydrogen-bond acceptors (Lipinski definition) is 3. The molecule has 12 heavy (non-hydrogen) atoms. The lowest BCUT2D eigenvalue weighted by atomic mass is 10.1. The predicted molar refractivity (Wildman–Crippen MR) is 44.8 cm³/mol. The van der Waals surface area contributed by atoms with E-state index in [4.69, 9.17) is 4.74 Å². The molecule has 0 radical (unpaired) electrons. The number of aldehydes is 1. The van der Waals surface area contributed by atoms with Crippen LogP contribution in [-0.2, 0) is 0 Å². The second kappa shape index (κ2) is 3.26. The molecule has 0 unspecified atom stereocenters. The summed E-state index contributed by atoms with van der Waals surface area (Å²) >= 11 is 0. The maximum Gasteiger partial charge on any atom is 0.153 e. The van der Waals surface area contributed by atoms with Crippen molar-refractivity contribution in [2.75, 3.05) is 7.11 Å². The Kier molecular flexibility index (Phi) is 2.33. The molecule has 0 aliphatic rings. The van der Waals surface area contributed by atoms with E-state index in [-0.39, 0.29) is 11.3 Å². The summed E-state index contributed by atoms with van der Waals surface area (Å²) in [6.07, 6.45) is 0.613. The van der Waals surface area contributed by atoms with Crippen LogP contribution in [0.1, 0.15) is 15.9 Å². The normalized spacial score (nSPS) is 9.50. The highest BCUT2D eigenvalue weighted by atomic mass is 16.5. The van der Waals surface area contributed by atoms with Gasteiger partial charge in [-0.2, -0.15) is 0 Å². The molecule has 3 heteroatoms. The van der Waals surface area contributed by atoms with Gasteiger partial charge in [-0.05, 0) is 19.1 Å². The largest absolute Gasteiger partial charge is 0.507 e. The molecule has 1 N–H and O–H groups in total. The molecule has 0 saturated carbocycles. The van der Waals surface area contributed by atoms with Crippen molar-refractivity contribution < 1.29 is 14.6 Å². The van der Waals surface area contributed by atoms with Crippen LogP contribution < -0.4 is 4.74 Å². The number of carbonyl (C=O) groups is 1. The Morgan fingerprint density at radius 1 is 1.50 bits per heavy atom. The number of methoxy groups -OCH3 is 1. The van der Waals surface area contributed by atoms with E-state index in [1.165, 1.54) is 13.2 Å². The third-order valence-corrected chi connectivity index (χ3v) is 1.76. The molecule has 0 aromatic heterocycles. The topological polar surface area (TPSA) is 46.5 Å². The van der Waals surface area contributed by atoms with Crippen molar-refractivity contribution in [2.24, 2.45) is 0 Å². The van der Waals surface area contributed by atoms with E-state index in [1.54, 1.807) is 13.0 Å². The quantitative estimate of drug-likeness (QED) is 0.677. The second-order valence-corrected chi connectivity index (χ2v) is 2.45. The summed E-state index contributed by atoms with van der Waals surface area (Å²) in [6.45, 7) is 1.70. The monoisotopic (exact) mass is 166 g/mol. The first kappa shape index (κ1) is 8.59. The SMILES string of the molecule is COc1ccc(C=O)c(O)c1C. The standard InChI is InChI=1S/C9H10O3/c1-6-8(12-2)4-3-7(5-10)9(6)11/h3-5,11H,1-2H3. The van der Waals surface area contributed by atoms with E-state index in [1.807, 2.05) is 0 Å². The lowest BCUT2D eigenvalue weighted by molar-refractivity contribution is 0.112. The van der Waals surface area contributed by atoms with Crippen molar-refractivity contribution in [3.63, 3.8) is 0 Å². The zero-order chi connectivity index (χ0) is 9.14. The van der Waals surface area contributed by atoms with Gasteiger partial charge in [0.2, 0.25) is 0 Å². The lowest BCUT2D eigenvalue weighted by Gasteiger charge is -2.06. The fraction of sp³-hybridized carbons (Fsp3) is 0.222. The molecule has 0 bridgehead atoms. The number of carbonyl (C=O) groups excluding carboxylic acids is 1. The number of phenols is 1. The van der Waals surface area contributed by atoms with E-state index < -0.39 is 0 Å². The minimum atomic E-state index is -0.00986. The Labute approximate surface area is 70.6 Å². The molecular formula is C9H10O3. The maximum absolute atomic E-state index is 10.4. The van der Waals surface area contributed by atoms with Crippen molar-refractivity contribution in [3.8, 4) is 11.5 Å². The number of rotatable bonds is 2. The third kappa shape index (κ3) is 1.25. The predicted octanol–water partition coefficient (Wildman–Crippen LogP) is 1.52. The molecule has 64 valence electrons. The molecule has 0 aliphatic carbocycles. The van der Waals surface area contributed by atoms with E-state index in [0.717, 1.165) is 0 Å². The van der Waals surface area contributed by atoms with E-state index in [2.05, 4.69) is 0 Å². The van der Waals surface area contributed by atoms with Gasteiger partial charge in [-0.25, -0.2) is 0 Å². The number of phenolic OH excluding ortho intramolecular Hbond substituents is 1. The number of ether oxygens (including phenoxy) is 1. The fourth-order valence-corrected chi connectivity index (χ4v) is 1.02. The van der Waals surface area contributed by atoms with Gasteiger partial charge in [-0.3, -0.25) is 4.79 Å². The summed E-state index contributed by atoms with van der Waals surface area (Å²) < 4.78 is 4.95. The molecule has 1 aromatic carbocycles. The first-order valence-corrected chi connectivity index (χ1v) is 3.52. The van der Waals surface area contributed by atoms with Crippen molar-refractivity contribution in [1.82, 2.24) is 0 Å². The third-order valence-electron chi connectivity index (χ3n) is 1.76. The maximum atomic E-state index is 10.4. The summed E-state index contributed by atoms with van der Waals surface area (Å²) in [4.78, 5) is 10.4. The van der Waals surface area contributed by atoms with Gasteiger partial charge in [-0.1, -0.05) is 0 Å². The Hall–Kier alpha value is -1.51. The van der Waals surface area contributed by atoms with Gasteiger partial charge in [0.15, 0.2) is 6.29 Å². The second-order valence-electron chi connectivity index (χ2n) is 2.45. The Balaban J connectivity index is 3.29. The van der Waals surface area contributed by atoms with Crippen LogP contribution in [0.5, 0.6) is 11.5 Å². The van der Waals surface area contributed by atoms with Crippen LogP contribution in [0, 0.1) is 6.92 Å². The van der Waals surface area contributed by atoms with Gasteiger partial charge in [-0.15, -0.1) is 0 Å².